The molecule has 1 aromatic carbocycles. The van der Waals surface area contributed by atoms with Gasteiger partial charge in [-0.25, -0.2) is 19.5 Å². The van der Waals surface area contributed by atoms with Crippen LogP contribution in [0.3, 0.4) is 0 Å². The summed E-state index contributed by atoms with van der Waals surface area (Å²) in [4.78, 5) is 23.2. The number of fused-ring (bicyclic) bond motifs is 2. The fourth-order valence-electron chi connectivity index (χ4n) is 3.36. The van der Waals surface area contributed by atoms with Gasteiger partial charge in [0.15, 0.2) is 28.4 Å². The number of rotatable bonds is 3. The van der Waals surface area contributed by atoms with Gasteiger partial charge in [0.1, 0.15) is 24.6 Å². The smallest absolute Gasteiger partial charge is 0.386 e. The average molecular weight is 472 g/mol. The van der Waals surface area contributed by atoms with Crippen molar-refractivity contribution in [1.82, 2.24) is 19.5 Å². The Bertz CT molecular complexity index is 1160. The van der Waals surface area contributed by atoms with Crippen LogP contribution in [-0.2, 0) is 18.3 Å². The van der Waals surface area contributed by atoms with E-state index in [1.54, 1.807) is 16.7 Å². The first-order valence-corrected chi connectivity index (χ1v) is 11.4. The van der Waals surface area contributed by atoms with Crippen molar-refractivity contribution < 1.29 is 28.3 Å². The summed E-state index contributed by atoms with van der Waals surface area (Å²) in [5.41, 5.74) is 6.65. The number of nitrogens with zero attached hydrogens (tertiary/aromatic N) is 4. The molecule has 3 unspecified atom stereocenters. The number of aromatic nitrogens is 4. The van der Waals surface area contributed by atoms with Gasteiger partial charge in [0, 0.05) is 9.92 Å². The van der Waals surface area contributed by atoms with Crippen molar-refractivity contribution in [2.24, 2.45) is 0 Å². The Kier molecular flexibility index (Phi) is 4.99. The lowest BCUT2D eigenvalue weighted by molar-refractivity contribution is -0.0684. The second-order valence-electron chi connectivity index (χ2n) is 6.64. The van der Waals surface area contributed by atoms with Crippen molar-refractivity contribution >= 4 is 48.2 Å². The molecule has 0 radical (unpaired) electrons. The molecule has 4 heterocycles. The fraction of sp³-hybridized carbons (Fsp3) is 0.312. The lowest BCUT2D eigenvalue weighted by atomic mass is 10.1. The highest BCUT2D eigenvalue weighted by atomic mass is 35.5. The molecule has 2 fully saturated rings. The number of phosphoric ester groups is 1. The van der Waals surface area contributed by atoms with Gasteiger partial charge in [0.05, 0.1) is 6.61 Å². The van der Waals surface area contributed by atoms with Gasteiger partial charge in [-0.3, -0.25) is 13.6 Å². The Morgan fingerprint density at radius 1 is 1.30 bits per heavy atom. The zero-order valence-corrected chi connectivity index (χ0v) is 17.5. The predicted octanol–water partition coefficient (Wildman–Crippen LogP) is 1.99. The molecule has 0 spiro atoms. The van der Waals surface area contributed by atoms with Crippen LogP contribution in [0.15, 0.2) is 40.6 Å². The number of imidazole rings is 1. The molecule has 2 aliphatic heterocycles. The summed E-state index contributed by atoms with van der Waals surface area (Å²) in [5, 5.41) is 11.9. The van der Waals surface area contributed by atoms with Crippen LogP contribution >= 0.6 is 31.2 Å². The van der Waals surface area contributed by atoms with E-state index in [1.165, 1.54) is 18.1 Å². The minimum absolute atomic E-state index is 0.168. The van der Waals surface area contributed by atoms with Crippen molar-refractivity contribution in [3.8, 4) is 0 Å². The molecule has 30 heavy (non-hydrogen) atoms. The molecule has 11 nitrogen and oxygen atoms in total. The SMILES string of the molecule is Nc1ncnc2c1nc(Sc1ccc(Cl)cc1)n2[C@@H]1OC2COP(=O)(O)OC2[C@@H]1O. The fourth-order valence-corrected chi connectivity index (χ4v) is 5.36. The molecular formula is C16H15ClN5O6PS. The van der Waals surface area contributed by atoms with Crippen LogP contribution < -0.4 is 5.73 Å². The van der Waals surface area contributed by atoms with Gasteiger partial charge in [0.2, 0.25) is 0 Å². The third-order valence-corrected chi connectivity index (χ3v) is 6.93. The van der Waals surface area contributed by atoms with Gasteiger partial charge in [0.25, 0.3) is 0 Å². The summed E-state index contributed by atoms with van der Waals surface area (Å²) in [7, 11) is -4.25. The van der Waals surface area contributed by atoms with Crippen molar-refractivity contribution in [3.63, 3.8) is 0 Å². The van der Waals surface area contributed by atoms with E-state index in [-0.39, 0.29) is 12.4 Å². The largest absolute Gasteiger partial charge is 0.472 e. The Balaban J connectivity index is 1.58. The molecule has 2 aromatic heterocycles. The second-order valence-corrected chi connectivity index (χ2v) is 9.52. The molecule has 0 aliphatic carbocycles. The van der Waals surface area contributed by atoms with Crippen molar-refractivity contribution in [2.45, 2.75) is 34.6 Å². The van der Waals surface area contributed by atoms with Gasteiger partial charge >= 0.3 is 7.82 Å². The standard InChI is InChI=1S/C16H15ClN5O6PS/c17-7-1-3-8(4-2-7)30-16-21-10-13(18)19-6-20-14(10)22(16)15-11(23)12-9(27-15)5-26-29(24,25)28-12/h1-4,6,9,11-12,15,23H,5H2,(H,24,25)(H2,18,19,20)/t9?,11-,12?,15+/m0/s1. The van der Waals surface area contributed by atoms with Crippen molar-refractivity contribution in [2.75, 3.05) is 12.3 Å². The Hall–Kier alpha value is -1.76. The van der Waals surface area contributed by atoms with Crippen LogP contribution in [0.25, 0.3) is 11.2 Å². The molecule has 5 atom stereocenters. The Morgan fingerprint density at radius 2 is 2.07 bits per heavy atom. The summed E-state index contributed by atoms with van der Waals surface area (Å²) < 4.78 is 29.1. The number of aliphatic hydroxyl groups is 1. The van der Waals surface area contributed by atoms with E-state index >= 15 is 0 Å². The number of hydrogen-bond acceptors (Lipinski definition) is 10. The van der Waals surface area contributed by atoms with E-state index in [9.17, 15) is 14.6 Å². The van der Waals surface area contributed by atoms with E-state index < -0.39 is 32.4 Å². The Labute approximate surface area is 178 Å². The first-order valence-electron chi connectivity index (χ1n) is 8.73. The molecule has 14 heteroatoms. The normalized spacial score (nSPS) is 31.2. The number of anilines is 1. The topological polar surface area (TPSA) is 155 Å². The molecule has 158 valence electrons. The first kappa shape index (κ1) is 20.2. The minimum Gasteiger partial charge on any atom is -0.386 e. The second kappa shape index (κ2) is 7.43. The van der Waals surface area contributed by atoms with Crippen molar-refractivity contribution in [3.05, 3.63) is 35.6 Å². The van der Waals surface area contributed by atoms with Crippen LogP contribution in [-0.4, -0.2) is 54.4 Å². The van der Waals surface area contributed by atoms with Crippen LogP contribution in [0.1, 0.15) is 6.23 Å². The summed E-state index contributed by atoms with van der Waals surface area (Å²) >= 11 is 7.24. The number of halogens is 1. The van der Waals surface area contributed by atoms with E-state index in [0.717, 1.165) is 4.90 Å². The van der Waals surface area contributed by atoms with Crippen LogP contribution in [0.4, 0.5) is 5.82 Å². The maximum Gasteiger partial charge on any atom is 0.472 e. The lowest BCUT2D eigenvalue weighted by Crippen LogP contribution is -2.39. The molecule has 3 aromatic rings. The predicted molar refractivity (Wildman–Crippen MR) is 106 cm³/mol. The zero-order valence-electron chi connectivity index (χ0n) is 15.0. The molecule has 5 rings (SSSR count). The summed E-state index contributed by atoms with van der Waals surface area (Å²) in [6, 6.07) is 7.11. The van der Waals surface area contributed by atoms with E-state index in [0.29, 0.717) is 21.3 Å². The summed E-state index contributed by atoms with van der Waals surface area (Å²) in [6.45, 7) is -0.199. The van der Waals surface area contributed by atoms with Crippen LogP contribution in [0, 0.1) is 0 Å². The number of ether oxygens (including phenoxy) is 1. The molecule has 0 bridgehead atoms. The molecule has 0 amide bonds. The number of nitrogens with two attached hydrogens (primary N) is 1. The quantitative estimate of drug-likeness (QED) is 0.480. The first-order chi connectivity index (χ1) is 14.3. The van der Waals surface area contributed by atoms with E-state index in [2.05, 4.69) is 15.0 Å². The molecule has 4 N–H and O–H groups in total. The van der Waals surface area contributed by atoms with Crippen molar-refractivity contribution in [1.29, 1.82) is 0 Å². The molecule has 2 aliphatic rings. The molecule has 2 saturated heterocycles. The maximum absolute atomic E-state index is 11.8. The number of benzene rings is 1. The third-order valence-electron chi connectivity index (χ3n) is 4.72. The monoisotopic (exact) mass is 471 g/mol. The summed E-state index contributed by atoms with van der Waals surface area (Å²) in [6.07, 6.45) is -2.80. The van der Waals surface area contributed by atoms with Crippen LogP contribution in [0.2, 0.25) is 5.02 Å². The van der Waals surface area contributed by atoms with Gasteiger partial charge in [-0.05, 0) is 24.3 Å². The molecular weight excluding hydrogens is 457 g/mol. The highest BCUT2D eigenvalue weighted by Crippen LogP contribution is 2.53. The third kappa shape index (κ3) is 3.49. The summed E-state index contributed by atoms with van der Waals surface area (Å²) in [5.74, 6) is 0.168. The van der Waals surface area contributed by atoms with Gasteiger partial charge in [-0.15, -0.1) is 0 Å². The lowest BCUT2D eigenvalue weighted by Gasteiger charge is -2.27. The highest BCUT2D eigenvalue weighted by molar-refractivity contribution is 7.99. The number of phosphoric acid groups is 1. The highest BCUT2D eigenvalue weighted by Gasteiger charge is 2.53. The van der Waals surface area contributed by atoms with Gasteiger partial charge in [-0.2, -0.15) is 0 Å². The van der Waals surface area contributed by atoms with Gasteiger partial charge in [-0.1, -0.05) is 23.4 Å². The minimum atomic E-state index is -4.25. The van der Waals surface area contributed by atoms with E-state index in [1.807, 2.05) is 12.1 Å². The van der Waals surface area contributed by atoms with Gasteiger partial charge < -0.3 is 20.5 Å². The zero-order chi connectivity index (χ0) is 21.0. The van der Waals surface area contributed by atoms with Crippen LogP contribution in [0.5, 0.6) is 0 Å². The number of nitrogen functional groups attached to an aromatic ring is 1. The maximum atomic E-state index is 11.8. The number of aliphatic hydroxyl groups excluding tert-OH is 1. The molecule has 0 saturated carbocycles. The Morgan fingerprint density at radius 3 is 2.83 bits per heavy atom. The van der Waals surface area contributed by atoms with E-state index in [4.69, 9.17) is 31.1 Å². The average Bonchev–Trinajstić information content (AvgIpc) is 3.21. The number of hydrogen-bond donors (Lipinski definition) is 3.